The van der Waals surface area contributed by atoms with Crippen LogP contribution in [0.3, 0.4) is 0 Å². The Kier molecular flexibility index (Phi) is 4.40. The Hall–Kier alpha value is -2.02. The second-order valence-electron chi connectivity index (χ2n) is 5.05. The fourth-order valence-corrected chi connectivity index (χ4v) is 2.42. The SMILES string of the molecule is CC(NC(N)=NC1CCCC1)c1ccc(C#N)cc1. The van der Waals surface area contributed by atoms with Gasteiger partial charge >= 0.3 is 0 Å². The lowest BCUT2D eigenvalue weighted by Crippen LogP contribution is -2.34. The zero-order valence-corrected chi connectivity index (χ0v) is 11.3. The van der Waals surface area contributed by atoms with Crippen LogP contribution in [0.25, 0.3) is 0 Å². The first-order chi connectivity index (χ1) is 9.19. The van der Waals surface area contributed by atoms with Gasteiger partial charge in [-0.25, -0.2) is 0 Å². The van der Waals surface area contributed by atoms with Crippen molar-refractivity contribution in [1.82, 2.24) is 5.32 Å². The van der Waals surface area contributed by atoms with E-state index in [-0.39, 0.29) is 6.04 Å². The van der Waals surface area contributed by atoms with Crippen molar-refractivity contribution in [2.75, 3.05) is 0 Å². The van der Waals surface area contributed by atoms with Crippen LogP contribution >= 0.6 is 0 Å². The summed E-state index contributed by atoms with van der Waals surface area (Å²) in [5.74, 6) is 0.517. The first kappa shape index (κ1) is 13.4. The van der Waals surface area contributed by atoms with Crippen LogP contribution in [0, 0.1) is 11.3 Å². The highest BCUT2D eigenvalue weighted by atomic mass is 15.1. The van der Waals surface area contributed by atoms with Crippen LogP contribution in [-0.2, 0) is 0 Å². The monoisotopic (exact) mass is 256 g/mol. The summed E-state index contributed by atoms with van der Waals surface area (Å²) in [7, 11) is 0. The summed E-state index contributed by atoms with van der Waals surface area (Å²) in [4.78, 5) is 4.51. The smallest absolute Gasteiger partial charge is 0.189 e. The summed E-state index contributed by atoms with van der Waals surface area (Å²) in [6.45, 7) is 2.04. The molecule has 1 saturated carbocycles. The Balaban J connectivity index is 1.95. The average Bonchev–Trinajstić information content (AvgIpc) is 2.91. The van der Waals surface area contributed by atoms with E-state index in [1.165, 1.54) is 12.8 Å². The predicted octanol–water partition coefficient (Wildman–Crippen LogP) is 2.47. The molecule has 19 heavy (non-hydrogen) atoms. The number of nitriles is 1. The van der Waals surface area contributed by atoms with Crippen molar-refractivity contribution < 1.29 is 0 Å². The number of hydrogen-bond acceptors (Lipinski definition) is 2. The first-order valence-electron chi connectivity index (χ1n) is 6.79. The maximum Gasteiger partial charge on any atom is 0.189 e. The Bertz CT molecular complexity index is 478. The lowest BCUT2D eigenvalue weighted by Gasteiger charge is -2.16. The molecule has 0 aliphatic heterocycles. The fourth-order valence-electron chi connectivity index (χ4n) is 2.42. The highest BCUT2D eigenvalue weighted by molar-refractivity contribution is 5.78. The highest BCUT2D eigenvalue weighted by Gasteiger charge is 2.14. The Labute approximate surface area is 114 Å². The maximum absolute atomic E-state index is 8.77. The van der Waals surface area contributed by atoms with Crippen molar-refractivity contribution in [2.45, 2.75) is 44.7 Å². The number of hydrogen-bond donors (Lipinski definition) is 2. The number of nitrogens with zero attached hydrogens (tertiary/aromatic N) is 2. The van der Waals surface area contributed by atoms with Gasteiger partial charge in [-0.3, -0.25) is 4.99 Å². The van der Waals surface area contributed by atoms with Gasteiger partial charge in [0, 0.05) is 0 Å². The van der Waals surface area contributed by atoms with Gasteiger partial charge in [0.25, 0.3) is 0 Å². The highest BCUT2D eigenvalue weighted by Crippen LogP contribution is 2.21. The van der Waals surface area contributed by atoms with E-state index in [9.17, 15) is 0 Å². The molecule has 0 heterocycles. The summed E-state index contributed by atoms with van der Waals surface area (Å²) in [6, 6.07) is 10.1. The molecule has 1 atom stereocenters. The zero-order valence-electron chi connectivity index (χ0n) is 11.3. The number of rotatable bonds is 3. The van der Waals surface area contributed by atoms with E-state index in [0.29, 0.717) is 17.6 Å². The molecule has 4 heteroatoms. The lowest BCUT2D eigenvalue weighted by molar-refractivity contribution is 0.669. The number of aliphatic imine (C=N–C) groups is 1. The van der Waals surface area contributed by atoms with Gasteiger partial charge in [-0.15, -0.1) is 0 Å². The standard InChI is InChI=1S/C15H20N4/c1-11(13-8-6-12(10-16)7-9-13)18-15(17)19-14-4-2-3-5-14/h6-9,11,14H,2-5H2,1H3,(H3,17,18,19). The summed E-state index contributed by atoms with van der Waals surface area (Å²) < 4.78 is 0. The van der Waals surface area contributed by atoms with Crippen LogP contribution in [0.2, 0.25) is 0 Å². The molecule has 4 nitrogen and oxygen atoms in total. The van der Waals surface area contributed by atoms with E-state index in [0.717, 1.165) is 18.4 Å². The van der Waals surface area contributed by atoms with Crippen molar-refractivity contribution in [1.29, 1.82) is 5.26 Å². The van der Waals surface area contributed by atoms with E-state index in [4.69, 9.17) is 11.0 Å². The van der Waals surface area contributed by atoms with Crippen LogP contribution in [-0.4, -0.2) is 12.0 Å². The Morgan fingerprint density at radius 2 is 2.00 bits per heavy atom. The van der Waals surface area contributed by atoms with Gasteiger partial charge in [0.05, 0.1) is 23.7 Å². The maximum atomic E-state index is 8.77. The largest absolute Gasteiger partial charge is 0.370 e. The summed E-state index contributed by atoms with van der Waals surface area (Å²) in [6.07, 6.45) is 4.81. The second kappa shape index (κ2) is 6.24. The number of nitrogens with one attached hydrogen (secondary N) is 1. The van der Waals surface area contributed by atoms with Crippen molar-refractivity contribution >= 4 is 5.96 Å². The summed E-state index contributed by atoms with van der Waals surface area (Å²) in [5, 5.41) is 12.0. The topological polar surface area (TPSA) is 74.2 Å². The second-order valence-corrected chi connectivity index (χ2v) is 5.05. The zero-order chi connectivity index (χ0) is 13.7. The number of guanidine groups is 1. The van der Waals surface area contributed by atoms with Crippen LogP contribution in [0.15, 0.2) is 29.3 Å². The van der Waals surface area contributed by atoms with E-state index in [1.54, 1.807) is 0 Å². The first-order valence-corrected chi connectivity index (χ1v) is 6.79. The molecule has 0 bridgehead atoms. The molecular formula is C15H20N4. The minimum absolute atomic E-state index is 0.0953. The summed E-state index contributed by atoms with van der Waals surface area (Å²) >= 11 is 0. The molecule has 1 aliphatic carbocycles. The third-order valence-electron chi connectivity index (χ3n) is 3.55. The molecule has 2 rings (SSSR count). The van der Waals surface area contributed by atoms with E-state index >= 15 is 0 Å². The van der Waals surface area contributed by atoms with E-state index in [1.807, 2.05) is 31.2 Å². The minimum atomic E-state index is 0.0953. The van der Waals surface area contributed by atoms with Gasteiger partial charge in [0.2, 0.25) is 0 Å². The van der Waals surface area contributed by atoms with Crippen molar-refractivity contribution in [3.05, 3.63) is 35.4 Å². The van der Waals surface area contributed by atoms with Crippen LogP contribution in [0.1, 0.15) is 49.8 Å². The molecule has 0 spiro atoms. The molecule has 3 N–H and O–H groups in total. The molecule has 100 valence electrons. The average molecular weight is 256 g/mol. The third kappa shape index (κ3) is 3.72. The van der Waals surface area contributed by atoms with Gasteiger partial charge in [0.15, 0.2) is 5.96 Å². The Morgan fingerprint density at radius 3 is 2.58 bits per heavy atom. The molecule has 0 aromatic heterocycles. The van der Waals surface area contributed by atoms with Crippen molar-refractivity contribution in [2.24, 2.45) is 10.7 Å². The molecular weight excluding hydrogens is 236 g/mol. The third-order valence-corrected chi connectivity index (χ3v) is 3.55. The quantitative estimate of drug-likeness (QED) is 0.644. The molecule has 1 aromatic rings. The van der Waals surface area contributed by atoms with Crippen molar-refractivity contribution in [3.8, 4) is 6.07 Å². The van der Waals surface area contributed by atoms with Gasteiger partial charge < -0.3 is 11.1 Å². The molecule has 1 fully saturated rings. The van der Waals surface area contributed by atoms with E-state index < -0.39 is 0 Å². The minimum Gasteiger partial charge on any atom is -0.370 e. The van der Waals surface area contributed by atoms with E-state index in [2.05, 4.69) is 16.4 Å². The lowest BCUT2D eigenvalue weighted by atomic mass is 10.1. The van der Waals surface area contributed by atoms with Crippen LogP contribution < -0.4 is 11.1 Å². The van der Waals surface area contributed by atoms with Gasteiger partial charge in [-0.1, -0.05) is 25.0 Å². The molecule has 1 aromatic carbocycles. The van der Waals surface area contributed by atoms with Crippen molar-refractivity contribution in [3.63, 3.8) is 0 Å². The van der Waals surface area contributed by atoms with Gasteiger partial charge in [0.1, 0.15) is 0 Å². The van der Waals surface area contributed by atoms with Crippen LogP contribution in [0.5, 0.6) is 0 Å². The van der Waals surface area contributed by atoms with Gasteiger partial charge in [-0.2, -0.15) is 5.26 Å². The molecule has 1 aliphatic rings. The molecule has 1 unspecified atom stereocenters. The predicted molar refractivity (Wildman–Crippen MR) is 76.6 cm³/mol. The normalized spacial score (nSPS) is 18.0. The number of benzene rings is 1. The molecule has 0 radical (unpaired) electrons. The Morgan fingerprint density at radius 1 is 1.37 bits per heavy atom. The fraction of sp³-hybridized carbons (Fsp3) is 0.467. The van der Waals surface area contributed by atoms with Gasteiger partial charge in [-0.05, 0) is 37.5 Å². The number of nitrogens with two attached hydrogens (primary N) is 1. The molecule has 0 amide bonds. The molecule has 0 saturated heterocycles. The van der Waals surface area contributed by atoms with Crippen LogP contribution in [0.4, 0.5) is 0 Å². The summed E-state index contributed by atoms with van der Waals surface area (Å²) in [5.41, 5.74) is 7.70.